The molecule has 2 atom stereocenters. The Bertz CT molecular complexity index is 267. The molecule has 0 aliphatic carbocycles. The largest absolute Gasteiger partial charge is 0.467 e. The van der Waals surface area contributed by atoms with Crippen molar-refractivity contribution in [3.05, 3.63) is 23.7 Å². The fourth-order valence-electron chi connectivity index (χ4n) is 1.67. The topological polar surface area (TPSA) is 25.2 Å². The summed E-state index contributed by atoms with van der Waals surface area (Å²) in [5.41, 5.74) is 1.24. The second-order valence-electron chi connectivity index (χ2n) is 4.06. The molecule has 0 aromatic carbocycles. The standard InChI is InChI=1S/C12H21NO/c1-5-9(2)8-11(13-4)12-10(3)6-7-14-12/h6-7,9,11,13H,5,8H2,1-4H3. The van der Waals surface area contributed by atoms with E-state index in [1.54, 1.807) is 6.26 Å². The van der Waals surface area contributed by atoms with Gasteiger partial charge < -0.3 is 9.73 Å². The van der Waals surface area contributed by atoms with Crippen LogP contribution in [-0.4, -0.2) is 7.05 Å². The average Bonchev–Trinajstić information content (AvgIpc) is 2.60. The van der Waals surface area contributed by atoms with E-state index in [2.05, 4.69) is 26.1 Å². The van der Waals surface area contributed by atoms with Gasteiger partial charge in [-0.05, 0) is 37.9 Å². The zero-order valence-corrected chi connectivity index (χ0v) is 9.63. The van der Waals surface area contributed by atoms with E-state index in [9.17, 15) is 0 Å². The van der Waals surface area contributed by atoms with Gasteiger partial charge in [-0.1, -0.05) is 20.3 Å². The van der Waals surface area contributed by atoms with Gasteiger partial charge in [-0.15, -0.1) is 0 Å². The van der Waals surface area contributed by atoms with E-state index in [0.717, 1.165) is 18.1 Å². The van der Waals surface area contributed by atoms with Crippen LogP contribution in [0.2, 0.25) is 0 Å². The maximum absolute atomic E-state index is 5.50. The summed E-state index contributed by atoms with van der Waals surface area (Å²) in [4.78, 5) is 0. The number of furan rings is 1. The minimum Gasteiger partial charge on any atom is -0.467 e. The summed E-state index contributed by atoms with van der Waals surface area (Å²) in [5, 5.41) is 3.32. The van der Waals surface area contributed by atoms with Gasteiger partial charge in [0.1, 0.15) is 5.76 Å². The van der Waals surface area contributed by atoms with Crippen molar-refractivity contribution in [1.29, 1.82) is 0 Å². The molecule has 0 aliphatic heterocycles. The Labute approximate surface area is 86.7 Å². The summed E-state index contributed by atoms with van der Waals surface area (Å²) in [7, 11) is 2.00. The maximum Gasteiger partial charge on any atom is 0.123 e. The Morgan fingerprint density at radius 2 is 2.21 bits per heavy atom. The zero-order chi connectivity index (χ0) is 10.6. The van der Waals surface area contributed by atoms with Crippen molar-refractivity contribution in [3.8, 4) is 0 Å². The normalized spacial score (nSPS) is 15.4. The third kappa shape index (κ3) is 2.61. The third-order valence-corrected chi connectivity index (χ3v) is 2.90. The molecule has 0 saturated heterocycles. The highest BCUT2D eigenvalue weighted by molar-refractivity contribution is 5.18. The summed E-state index contributed by atoms with van der Waals surface area (Å²) in [6.45, 7) is 6.61. The first kappa shape index (κ1) is 11.3. The molecule has 80 valence electrons. The first-order valence-corrected chi connectivity index (χ1v) is 5.40. The predicted octanol–water partition coefficient (Wildman–Crippen LogP) is 3.28. The molecular formula is C12H21NO. The lowest BCUT2D eigenvalue weighted by Crippen LogP contribution is -2.19. The average molecular weight is 195 g/mol. The second-order valence-corrected chi connectivity index (χ2v) is 4.06. The van der Waals surface area contributed by atoms with Gasteiger partial charge >= 0.3 is 0 Å². The lowest BCUT2D eigenvalue weighted by atomic mass is 9.97. The fourth-order valence-corrected chi connectivity index (χ4v) is 1.67. The van der Waals surface area contributed by atoms with Gasteiger partial charge in [0, 0.05) is 0 Å². The Morgan fingerprint density at radius 3 is 2.64 bits per heavy atom. The molecule has 1 aromatic rings. The van der Waals surface area contributed by atoms with Crippen molar-refractivity contribution < 1.29 is 4.42 Å². The van der Waals surface area contributed by atoms with Crippen LogP contribution in [0, 0.1) is 12.8 Å². The van der Waals surface area contributed by atoms with E-state index >= 15 is 0 Å². The van der Waals surface area contributed by atoms with Gasteiger partial charge in [-0.3, -0.25) is 0 Å². The Kier molecular flexibility index (Phi) is 4.21. The minimum absolute atomic E-state index is 0.361. The lowest BCUT2D eigenvalue weighted by molar-refractivity contribution is 0.360. The Hall–Kier alpha value is -0.760. The van der Waals surface area contributed by atoms with Crippen LogP contribution in [0.15, 0.2) is 16.7 Å². The van der Waals surface area contributed by atoms with E-state index in [4.69, 9.17) is 4.42 Å². The smallest absolute Gasteiger partial charge is 0.123 e. The van der Waals surface area contributed by atoms with Crippen molar-refractivity contribution in [3.63, 3.8) is 0 Å². The molecule has 14 heavy (non-hydrogen) atoms. The van der Waals surface area contributed by atoms with E-state index in [1.807, 2.05) is 13.1 Å². The van der Waals surface area contributed by atoms with Crippen molar-refractivity contribution >= 4 is 0 Å². The molecule has 0 amide bonds. The lowest BCUT2D eigenvalue weighted by Gasteiger charge is -2.18. The predicted molar refractivity (Wildman–Crippen MR) is 59.3 cm³/mol. The summed E-state index contributed by atoms with van der Waals surface area (Å²) < 4.78 is 5.50. The minimum atomic E-state index is 0.361. The number of hydrogen-bond donors (Lipinski definition) is 1. The van der Waals surface area contributed by atoms with E-state index in [0.29, 0.717) is 6.04 Å². The van der Waals surface area contributed by atoms with Crippen LogP contribution < -0.4 is 5.32 Å². The molecule has 0 radical (unpaired) electrons. The molecule has 2 unspecified atom stereocenters. The molecule has 0 fully saturated rings. The van der Waals surface area contributed by atoms with Crippen molar-refractivity contribution in [2.75, 3.05) is 7.05 Å². The van der Waals surface area contributed by atoms with E-state index in [-0.39, 0.29) is 0 Å². The molecule has 1 N–H and O–H groups in total. The van der Waals surface area contributed by atoms with Crippen LogP contribution >= 0.6 is 0 Å². The molecule has 0 spiro atoms. The molecule has 1 rings (SSSR count). The van der Waals surface area contributed by atoms with Crippen molar-refractivity contribution in [2.24, 2.45) is 5.92 Å². The summed E-state index contributed by atoms with van der Waals surface area (Å²) in [5.74, 6) is 1.82. The Balaban J connectivity index is 2.67. The monoisotopic (exact) mass is 195 g/mol. The van der Waals surface area contributed by atoms with Crippen LogP contribution in [0.1, 0.15) is 44.1 Å². The highest BCUT2D eigenvalue weighted by Crippen LogP contribution is 2.25. The van der Waals surface area contributed by atoms with Crippen LogP contribution in [0.25, 0.3) is 0 Å². The first-order valence-electron chi connectivity index (χ1n) is 5.40. The van der Waals surface area contributed by atoms with Gasteiger partial charge in [0.15, 0.2) is 0 Å². The third-order valence-electron chi connectivity index (χ3n) is 2.90. The first-order chi connectivity index (χ1) is 6.69. The Morgan fingerprint density at radius 1 is 1.50 bits per heavy atom. The SMILES string of the molecule is CCC(C)CC(NC)c1occc1C. The quantitative estimate of drug-likeness (QED) is 0.780. The van der Waals surface area contributed by atoms with Gasteiger partial charge in [-0.25, -0.2) is 0 Å². The highest BCUT2D eigenvalue weighted by atomic mass is 16.3. The molecule has 1 heterocycles. The zero-order valence-electron chi connectivity index (χ0n) is 9.63. The molecule has 0 bridgehead atoms. The van der Waals surface area contributed by atoms with Crippen LogP contribution in [-0.2, 0) is 0 Å². The second kappa shape index (κ2) is 5.20. The summed E-state index contributed by atoms with van der Waals surface area (Å²) in [6, 6.07) is 2.39. The van der Waals surface area contributed by atoms with Gasteiger partial charge in [0.25, 0.3) is 0 Å². The fraction of sp³-hybridized carbons (Fsp3) is 0.667. The van der Waals surface area contributed by atoms with Gasteiger partial charge in [0.05, 0.1) is 12.3 Å². The summed E-state index contributed by atoms with van der Waals surface area (Å²) >= 11 is 0. The van der Waals surface area contributed by atoms with E-state index < -0.39 is 0 Å². The van der Waals surface area contributed by atoms with E-state index in [1.165, 1.54) is 12.0 Å². The number of rotatable bonds is 5. The highest BCUT2D eigenvalue weighted by Gasteiger charge is 2.17. The molecule has 0 saturated carbocycles. The van der Waals surface area contributed by atoms with Crippen LogP contribution in [0.3, 0.4) is 0 Å². The summed E-state index contributed by atoms with van der Waals surface area (Å²) in [6.07, 6.45) is 4.13. The van der Waals surface area contributed by atoms with Gasteiger partial charge in [-0.2, -0.15) is 0 Å². The van der Waals surface area contributed by atoms with Crippen LogP contribution in [0.5, 0.6) is 0 Å². The molecule has 1 aromatic heterocycles. The van der Waals surface area contributed by atoms with Crippen molar-refractivity contribution in [2.45, 2.75) is 39.7 Å². The molecular weight excluding hydrogens is 174 g/mol. The molecule has 2 nitrogen and oxygen atoms in total. The van der Waals surface area contributed by atoms with Crippen molar-refractivity contribution in [1.82, 2.24) is 5.32 Å². The molecule has 0 aliphatic rings. The maximum atomic E-state index is 5.50. The molecule has 2 heteroatoms. The van der Waals surface area contributed by atoms with Crippen LogP contribution in [0.4, 0.5) is 0 Å². The van der Waals surface area contributed by atoms with Gasteiger partial charge in [0.2, 0.25) is 0 Å². The number of nitrogens with one attached hydrogen (secondary N) is 1. The number of aryl methyl sites for hydroxylation is 1. The number of hydrogen-bond acceptors (Lipinski definition) is 2.